The van der Waals surface area contributed by atoms with Crippen LogP contribution in [-0.2, 0) is 0 Å². The van der Waals surface area contributed by atoms with Crippen LogP contribution in [-0.4, -0.2) is 22.8 Å². The minimum atomic E-state index is -0.207. The Hall–Kier alpha value is -1.10. The second-order valence-electron chi connectivity index (χ2n) is 4.61. The average Bonchev–Trinajstić information content (AvgIpc) is 2.48. The zero-order chi connectivity index (χ0) is 15.6. The van der Waals surface area contributed by atoms with Crippen LogP contribution < -0.4 is 0 Å². The molecule has 0 bridgehead atoms. The summed E-state index contributed by atoms with van der Waals surface area (Å²) < 4.78 is 0.703. The van der Waals surface area contributed by atoms with Crippen molar-refractivity contribution in [3.8, 4) is 0 Å². The Balaban J connectivity index is 2.31. The van der Waals surface area contributed by atoms with Crippen molar-refractivity contribution in [1.29, 1.82) is 0 Å². The molecule has 0 radical (unpaired) electrons. The van der Waals surface area contributed by atoms with Gasteiger partial charge in [-0.05, 0) is 40.5 Å². The second-order valence-corrected chi connectivity index (χ2v) is 6.29. The van der Waals surface area contributed by atoms with Gasteiger partial charge in [-0.15, -0.1) is 0 Å². The quantitative estimate of drug-likeness (QED) is 0.695. The predicted molar refractivity (Wildman–Crippen MR) is 88.9 cm³/mol. The highest BCUT2D eigenvalue weighted by atomic mass is 79.9. The van der Waals surface area contributed by atoms with E-state index in [1.165, 1.54) is 0 Å². The second kappa shape index (κ2) is 6.77. The molecule has 3 nitrogen and oxygen atoms in total. The topological polar surface area (TPSA) is 33.2 Å². The lowest BCUT2D eigenvalue weighted by Crippen LogP contribution is -2.30. The largest absolute Gasteiger partial charge is 0.335 e. The van der Waals surface area contributed by atoms with Crippen LogP contribution in [0.3, 0.4) is 0 Å². The third-order valence-electron chi connectivity index (χ3n) is 3.29. The highest BCUT2D eigenvalue weighted by Crippen LogP contribution is 2.28. The highest BCUT2D eigenvalue weighted by molar-refractivity contribution is 9.10. The maximum atomic E-state index is 12.6. The summed E-state index contributed by atoms with van der Waals surface area (Å²) in [6, 6.07) is 8.94. The Morgan fingerprint density at radius 2 is 2.00 bits per heavy atom. The van der Waals surface area contributed by atoms with Gasteiger partial charge in [0.1, 0.15) is 5.15 Å². The first-order valence-corrected chi connectivity index (χ1v) is 7.79. The van der Waals surface area contributed by atoms with Crippen LogP contribution in [0.4, 0.5) is 0 Å². The molecule has 1 aromatic carbocycles. The van der Waals surface area contributed by atoms with Gasteiger partial charge >= 0.3 is 0 Å². The van der Waals surface area contributed by atoms with Crippen molar-refractivity contribution >= 4 is 45.0 Å². The van der Waals surface area contributed by atoms with Gasteiger partial charge in [0.2, 0.25) is 0 Å². The van der Waals surface area contributed by atoms with E-state index in [4.69, 9.17) is 23.2 Å². The lowest BCUT2D eigenvalue weighted by atomic mass is 10.1. The van der Waals surface area contributed by atoms with Crippen molar-refractivity contribution < 1.29 is 4.79 Å². The Bertz CT molecular complexity index is 678. The molecule has 110 valence electrons. The minimum absolute atomic E-state index is 0.179. The number of carbonyl (C=O) groups is 1. The van der Waals surface area contributed by atoms with E-state index in [1.54, 1.807) is 30.3 Å². The van der Waals surface area contributed by atoms with E-state index >= 15 is 0 Å². The van der Waals surface area contributed by atoms with Crippen LogP contribution in [0.15, 0.2) is 41.0 Å². The molecule has 2 aromatic rings. The van der Waals surface area contributed by atoms with Gasteiger partial charge in [-0.25, -0.2) is 4.98 Å². The van der Waals surface area contributed by atoms with E-state index in [1.807, 2.05) is 25.1 Å². The molecular formula is C15H13BrCl2N2O. The number of aromatic nitrogens is 1. The maximum absolute atomic E-state index is 12.6. The van der Waals surface area contributed by atoms with Gasteiger partial charge in [0.15, 0.2) is 0 Å². The lowest BCUT2D eigenvalue weighted by molar-refractivity contribution is 0.0742. The van der Waals surface area contributed by atoms with Crippen LogP contribution in [0.25, 0.3) is 0 Å². The molecule has 0 saturated heterocycles. The molecule has 2 rings (SSSR count). The number of hydrogen-bond donors (Lipinski definition) is 0. The molecule has 0 fully saturated rings. The van der Waals surface area contributed by atoms with E-state index in [9.17, 15) is 4.79 Å². The van der Waals surface area contributed by atoms with E-state index in [-0.39, 0.29) is 17.1 Å². The Kier molecular flexibility index (Phi) is 5.25. The van der Waals surface area contributed by atoms with Crippen LogP contribution in [0.2, 0.25) is 10.2 Å². The van der Waals surface area contributed by atoms with Crippen molar-refractivity contribution in [3.63, 3.8) is 0 Å². The van der Waals surface area contributed by atoms with E-state index in [0.29, 0.717) is 15.1 Å². The van der Waals surface area contributed by atoms with E-state index in [0.717, 1.165) is 5.56 Å². The molecule has 0 aliphatic heterocycles. The van der Waals surface area contributed by atoms with Gasteiger partial charge in [-0.1, -0.05) is 41.4 Å². The van der Waals surface area contributed by atoms with Crippen LogP contribution >= 0.6 is 39.1 Å². The molecule has 21 heavy (non-hydrogen) atoms. The third kappa shape index (κ3) is 3.57. The molecule has 0 aliphatic rings. The summed E-state index contributed by atoms with van der Waals surface area (Å²) in [4.78, 5) is 18.2. The molecule has 1 unspecified atom stereocenters. The van der Waals surface area contributed by atoms with Crippen molar-refractivity contribution in [2.75, 3.05) is 7.05 Å². The number of benzene rings is 1. The van der Waals surface area contributed by atoms with Gasteiger partial charge in [0, 0.05) is 22.7 Å². The summed E-state index contributed by atoms with van der Waals surface area (Å²) in [6.07, 6.45) is 1.55. The molecule has 1 atom stereocenters. The molecule has 0 saturated carbocycles. The number of halogens is 3. The summed E-state index contributed by atoms with van der Waals surface area (Å²) in [5.74, 6) is -0.207. The fourth-order valence-corrected chi connectivity index (χ4v) is 2.77. The maximum Gasteiger partial charge on any atom is 0.257 e. The van der Waals surface area contributed by atoms with Gasteiger partial charge in [0.05, 0.1) is 11.6 Å². The van der Waals surface area contributed by atoms with Crippen molar-refractivity contribution in [2.45, 2.75) is 13.0 Å². The SMILES string of the molecule is CC(c1ccccc1Cl)N(C)C(=O)c1cc(Br)cnc1Cl. The van der Waals surface area contributed by atoms with Crippen LogP contribution in [0.5, 0.6) is 0 Å². The van der Waals surface area contributed by atoms with Gasteiger partial charge < -0.3 is 4.90 Å². The Morgan fingerprint density at radius 1 is 1.33 bits per heavy atom. The molecule has 6 heteroatoms. The number of hydrogen-bond acceptors (Lipinski definition) is 2. The zero-order valence-electron chi connectivity index (χ0n) is 11.5. The molecular weight excluding hydrogens is 375 g/mol. The Morgan fingerprint density at radius 3 is 2.67 bits per heavy atom. The number of amides is 1. The molecule has 1 amide bonds. The van der Waals surface area contributed by atoms with Gasteiger partial charge in [-0.3, -0.25) is 4.79 Å². The molecule has 0 aliphatic carbocycles. The van der Waals surface area contributed by atoms with Crippen molar-refractivity contribution in [2.24, 2.45) is 0 Å². The normalized spacial score (nSPS) is 12.0. The first-order valence-electron chi connectivity index (χ1n) is 6.24. The fourth-order valence-electron chi connectivity index (χ4n) is 1.96. The third-order valence-corrected chi connectivity index (χ3v) is 4.37. The van der Waals surface area contributed by atoms with Gasteiger partial charge in [0.25, 0.3) is 5.91 Å². The summed E-state index contributed by atoms with van der Waals surface area (Å²) >= 11 is 15.5. The fraction of sp³-hybridized carbons (Fsp3) is 0.200. The van der Waals surface area contributed by atoms with Crippen molar-refractivity contribution in [1.82, 2.24) is 9.88 Å². The monoisotopic (exact) mass is 386 g/mol. The number of rotatable bonds is 3. The minimum Gasteiger partial charge on any atom is -0.335 e. The number of carbonyl (C=O) groups excluding carboxylic acids is 1. The Labute approximate surface area is 142 Å². The van der Waals surface area contributed by atoms with E-state index < -0.39 is 0 Å². The predicted octanol–water partition coefficient (Wildman–Crippen LogP) is 4.98. The van der Waals surface area contributed by atoms with Crippen molar-refractivity contribution in [3.05, 3.63) is 62.3 Å². The molecule has 1 heterocycles. The smallest absolute Gasteiger partial charge is 0.257 e. The summed E-state index contributed by atoms with van der Waals surface area (Å²) in [6.45, 7) is 1.92. The van der Waals surface area contributed by atoms with Crippen LogP contribution in [0, 0.1) is 0 Å². The summed E-state index contributed by atoms with van der Waals surface area (Å²) in [5.41, 5.74) is 1.24. The first-order chi connectivity index (χ1) is 9.91. The van der Waals surface area contributed by atoms with Crippen LogP contribution in [0.1, 0.15) is 28.9 Å². The van der Waals surface area contributed by atoms with E-state index in [2.05, 4.69) is 20.9 Å². The average molecular weight is 388 g/mol. The molecule has 1 aromatic heterocycles. The molecule has 0 N–H and O–H groups in total. The zero-order valence-corrected chi connectivity index (χ0v) is 14.6. The highest BCUT2D eigenvalue weighted by Gasteiger charge is 2.23. The van der Waals surface area contributed by atoms with Gasteiger partial charge in [-0.2, -0.15) is 0 Å². The summed E-state index contributed by atoms with van der Waals surface area (Å²) in [5, 5.41) is 0.810. The summed E-state index contributed by atoms with van der Waals surface area (Å²) in [7, 11) is 1.72. The standard InChI is InChI=1S/C15H13BrCl2N2O/c1-9(11-5-3-4-6-13(11)17)20(2)15(21)12-7-10(16)8-19-14(12)18/h3-9H,1-2H3. The first kappa shape index (κ1) is 16.3. The molecule has 0 spiro atoms. The number of nitrogens with zero attached hydrogens (tertiary/aromatic N) is 2. The number of pyridine rings is 1. The lowest BCUT2D eigenvalue weighted by Gasteiger charge is -2.26.